The first-order valence-corrected chi connectivity index (χ1v) is 11.7. The number of carbonyl (C=O) groups is 1. The van der Waals surface area contributed by atoms with Gasteiger partial charge in [0.1, 0.15) is 5.82 Å². The molecule has 0 saturated carbocycles. The van der Waals surface area contributed by atoms with Gasteiger partial charge in [0, 0.05) is 29.5 Å². The Bertz CT molecular complexity index is 1470. The molecule has 0 unspecified atom stereocenters. The maximum absolute atomic E-state index is 13.9. The zero-order chi connectivity index (χ0) is 23.9. The number of aliphatic carboxylic acids is 1. The molecule has 0 amide bonds. The highest BCUT2D eigenvalue weighted by atomic mass is 32.2. The fourth-order valence-electron chi connectivity index (χ4n) is 4.14. The number of aromatic nitrogens is 1. The number of anilines is 2. The van der Waals surface area contributed by atoms with Gasteiger partial charge in [0.2, 0.25) is 0 Å². The molecule has 0 fully saturated rings. The van der Waals surface area contributed by atoms with E-state index in [0.29, 0.717) is 0 Å². The van der Waals surface area contributed by atoms with Crippen molar-refractivity contribution in [3.05, 3.63) is 89.4 Å². The molecule has 4 aromatic rings. The summed E-state index contributed by atoms with van der Waals surface area (Å²) in [5.41, 5.74) is 3.66. The Morgan fingerprint density at radius 2 is 1.70 bits per heavy atom. The van der Waals surface area contributed by atoms with Gasteiger partial charge in [0.25, 0.3) is 10.0 Å². The average molecular weight is 467 g/mol. The predicted molar refractivity (Wildman–Crippen MR) is 126 cm³/mol. The monoisotopic (exact) mass is 466 g/mol. The molecule has 1 N–H and O–H groups in total. The Hall–Kier alpha value is -3.65. The summed E-state index contributed by atoms with van der Waals surface area (Å²) in [6.45, 7) is 3.54. The van der Waals surface area contributed by atoms with Crippen LogP contribution in [0.25, 0.3) is 10.9 Å². The van der Waals surface area contributed by atoms with Gasteiger partial charge in [-0.25, -0.2) is 16.8 Å². The molecular weight excluding hydrogens is 443 g/mol. The number of carboxylic acids is 1. The van der Waals surface area contributed by atoms with Gasteiger partial charge in [0.05, 0.1) is 16.8 Å². The SMILES string of the molecule is Cc1ccccc1N(C)c1ccc(S(=O)(=O)n2c(C)c(CC(=O)O)c3cc(F)ccc32)cc1. The number of aryl methyl sites for hydroxylation is 1. The first-order valence-electron chi connectivity index (χ1n) is 10.3. The minimum Gasteiger partial charge on any atom is -0.481 e. The van der Waals surface area contributed by atoms with Crippen LogP contribution in [-0.4, -0.2) is 30.5 Å². The van der Waals surface area contributed by atoms with E-state index >= 15 is 0 Å². The van der Waals surface area contributed by atoms with Gasteiger partial charge in [0.15, 0.2) is 0 Å². The van der Waals surface area contributed by atoms with Gasteiger partial charge in [-0.05, 0) is 73.5 Å². The summed E-state index contributed by atoms with van der Waals surface area (Å²) in [4.78, 5) is 13.4. The molecule has 1 aromatic heterocycles. The number of halogens is 1. The Balaban J connectivity index is 1.80. The van der Waals surface area contributed by atoms with Crippen molar-refractivity contribution in [1.82, 2.24) is 3.97 Å². The summed E-state index contributed by atoms with van der Waals surface area (Å²) >= 11 is 0. The highest BCUT2D eigenvalue weighted by Gasteiger charge is 2.26. The zero-order valence-corrected chi connectivity index (χ0v) is 19.2. The minimum absolute atomic E-state index is 0.0515. The van der Waals surface area contributed by atoms with Gasteiger partial charge in [-0.2, -0.15) is 0 Å². The topological polar surface area (TPSA) is 79.6 Å². The summed E-state index contributed by atoms with van der Waals surface area (Å²) in [6.07, 6.45) is -0.408. The Morgan fingerprint density at radius 3 is 2.33 bits per heavy atom. The third kappa shape index (κ3) is 3.98. The average Bonchev–Trinajstić information content (AvgIpc) is 3.04. The van der Waals surface area contributed by atoms with Gasteiger partial charge in [-0.15, -0.1) is 0 Å². The van der Waals surface area contributed by atoms with Crippen LogP contribution in [0.3, 0.4) is 0 Å². The standard InChI is InChI=1S/C25H23FN2O4S/c1-16-6-4-5-7-23(16)27(3)19-9-11-20(12-10-19)33(31,32)28-17(2)21(15-25(29)30)22-14-18(26)8-13-24(22)28/h4-14H,15H2,1-3H3,(H,29,30). The van der Waals surface area contributed by atoms with E-state index in [1.54, 1.807) is 12.1 Å². The normalized spacial score (nSPS) is 11.6. The molecular formula is C25H23FN2O4S. The molecule has 33 heavy (non-hydrogen) atoms. The molecule has 6 nitrogen and oxygen atoms in total. The summed E-state index contributed by atoms with van der Waals surface area (Å²) in [7, 11) is -2.15. The predicted octanol–water partition coefficient (Wildman–Crippen LogP) is 5.03. The van der Waals surface area contributed by atoms with Crippen LogP contribution < -0.4 is 4.90 Å². The lowest BCUT2D eigenvalue weighted by molar-refractivity contribution is -0.136. The van der Waals surface area contributed by atoms with E-state index < -0.39 is 28.2 Å². The Labute approximate surface area is 191 Å². The number of fused-ring (bicyclic) bond motifs is 1. The lowest BCUT2D eigenvalue weighted by atomic mass is 10.1. The molecule has 0 aliphatic heterocycles. The second kappa shape index (κ2) is 8.37. The third-order valence-electron chi connectivity index (χ3n) is 5.81. The quantitative estimate of drug-likeness (QED) is 0.431. The van der Waals surface area contributed by atoms with Crippen molar-refractivity contribution in [3.8, 4) is 0 Å². The molecule has 0 bridgehead atoms. The maximum Gasteiger partial charge on any atom is 0.307 e. The van der Waals surface area contributed by atoms with E-state index in [-0.39, 0.29) is 27.1 Å². The second-order valence-electron chi connectivity index (χ2n) is 7.90. The van der Waals surface area contributed by atoms with E-state index in [0.717, 1.165) is 20.9 Å². The third-order valence-corrected chi connectivity index (χ3v) is 7.63. The van der Waals surface area contributed by atoms with Gasteiger partial charge in [-0.3, -0.25) is 4.79 Å². The smallest absolute Gasteiger partial charge is 0.307 e. The zero-order valence-electron chi connectivity index (χ0n) is 18.4. The van der Waals surface area contributed by atoms with Gasteiger partial charge >= 0.3 is 5.97 Å². The number of nitrogens with zero attached hydrogens (tertiary/aromatic N) is 2. The fraction of sp³-hybridized carbons (Fsp3) is 0.160. The van der Waals surface area contributed by atoms with Crippen LogP contribution in [0.2, 0.25) is 0 Å². The van der Waals surface area contributed by atoms with Crippen LogP contribution in [0.5, 0.6) is 0 Å². The summed E-state index contributed by atoms with van der Waals surface area (Å²) in [6, 6.07) is 18.1. The largest absolute Gasteiger partial charge is 0.481 e. The minimum atomic E-state index is -4.06. The van der Waals surface area contributed by atoms with Crippen LogP contribution in [0.4, 0.5) is 15.8 Å². The van der Waals surface area contributed by atoms with Crippen molar-refractivity contribution >= 4 is 38.3 Å². The van der Waals surface area contributed by atoms with Gasteiger partial charge in [-0.1, -0.05) is 18.2 Å². The van der Waals surface area contributed by atoms with Crippen LogP contribution in [0.15, 0.2) is 71.6 Å². The molecule has 0 aliphatic rings. The number of rotatable bonds is 6. The fourth-order valence-corrected chi connectivity index (χ4v) is 5.72. The Morgan fingerprint density at radius 1 is 1.03 bits per heavy atom. The molecule has 0 radical (unpaired) electrons. The summed E-state index contributed by atoms with van der Waals surface area (Å²) in [5, 5.41) is 9.56. The van der Waals surface area contributed by atoms with E-state index in [4.69, 9.17) is 0 Å². The van der Waals surface area contributed by atoms with Crippen molar-refractivity contribution in [2.45, 2.75) is 25.2 Å². The highest BCUT2D eigenvalue weighted by molar-refractivity contribution is 7.90. The lowest BCUT2D eigenvalue weighted by Gasteiger charge is -2.22. The second-order valence-corrected chi connectivity index (χ2v) is 9.69. The highest BCUT2D eigenvalue weighted by Crippen LogP contribution is 2.32. The van der Waals surface area contributed by atoms with Gasteiger partial charge < -0.3 is 10.0 Å². The first kappa shape index (κ1) is 22.5. The molecule has 4 rings (SSSR count). The van der Waals surface area contributed by atoms with Crippen LogP contribution >= 0.6 is 0 Å². The molecule has 3 aromatic carbocycles. The van der Waals surface area contributed by atoms with Crippen molar-refractivity contribution in [2.24, 2.45) is 0 Å². The van der Waals surface area contributed by atoms with Crippen molar-refractivity contribution < 1.29 is 22.7 Å². The molecule has 0 aliphatic carbocycles. The number of para-hydroxylation sites is 1. The molecule has 1 heterocycles. The molecule has 0 spiro atoms. The van der Waals surface area contributed by atoms with Crippen molar-refractivity contribution in [1.29, 1.82) is 0 Å². The van der Waals surface area contributed by atoms with E-state index in [9.17, 15) is 22.7 Å². The van der Waals surface area contributed by atoms with Crippen LogP contribution in [-0.2, 0) is 21.2 Å². The number of hydrogen-bond donors (Lipinski definition) is 1. The summed E-state index contributed by atoms with van der Waals surface area (Å²) in [5.74, 6) is -1.69. The molecule has 0 saturated heterocycles. The number of benzene rings is 3. The molecule has 170 valence electrons. The molecule has 8 heteroatoms. The van der Waals surface area contributed by atoms with Crippen LogP contribution in [0.1, 0.15) is 16.8 Å². The van der Waals surface area contributed by atoms with Crippen LogP contribution in [0, 0.1) is 19.7 Å². The van der Waals surface area contributed by atoms with Crippen molar-refractivity contribution in [2.75, 3.05) is 11.9 Å². The van der Waals surface area contributed by atoms with E-state index in [1.807, 2.05) is 43.1 Å². The number of hydrogen-bond acceptors (Lipinski definition) is 4. The lowest BCUT2D eigenvalue weighted by Crippen LogP contribution is -2.16. The van der Waals surface area contributed by atoms with Crippen molar-refractivity contribution in [3.63, 3.8) is 0 Å². The number of carboxylic acid groups (broad SMARTS) is 1. The van der Waals surface area contributed by atoms with E-state index in [2.05, 4.69) is 0 Å². The molecule has 0 atom stereocenters. The summed E-state index contributed by atoms with van der Waals surface area (Å²) < 4.78 is 42.1. The Kier molecular flexibility index (Phi) is 5.71. The maximum atomic E-state index is 13.9. The van der Waals surface area contributed by atoms with E-state index in [1.165, 1.54) is 37.3 Å². The first-order chi connectivity index (χ1) is 15.6.